The molecule has 0 aliphatic carbocycles. The maximum Gasteiger partial charge on any atom is 0.472 e. The van der Waals surface area contributed by atoms with E-state index in [1.807, 2.05) is 0 Å². The Morgan fingerprint density at radius 1 is 0.287 bits per heavy atom. The predicted octanol–water partition coefficient (Wildman–Crippen LogP) is 27.1. The largest absolute Gasteiger partial charge is 0.472 e. The molecule has 0 heterocycles. The third-order valence-corrected chi connectivity index (χ3v) is 22.3. The summed E-state index contributed by atoms with van der Waals surface area (Å²) in [4.78, 5) is 73.3. The number of hydrogen-bond acceptors (Lipinski definition) is 15. The molecular weight excluding hydrogens is 1400 g/mol. The molecule has 0 aromatic rings. The lowest BCUT2D eigenvalue weighted by Crippen LogP contribution is -2.30. The number of hydrogen-bond donors (Lipinski definition) is 3. The smallest absolute Gasteiger partial charge is 0.462 e. The van der Waals surface area contributed by atoms with Gasteiger partial charge in [0.15, 0.2) is 12.2 Å². The number of unbranched alkanes of at least 4 members (excludes halogenated alkanes) is 56. The number of esters is 4. The van der Waals surface area contributed by atoms with Gasteiger partial charge in [-0.1, -0.05) is 406 Å². The Kier molecular flexibility index (Phi) is 79.3. The Hall–Kier alpha value is -2.46. The second kappa shape index (κ2) is 81.1. The Morgan fingerprint density at radius 2 is 0.500 bits per heavy atom. The van der Waals surface area contributed by atoms with Crippen molar-refractivity contribution in [3.8, 4) is 0 Å². The highest BCUT2D eigenvalue weighted by molar-refractivity contribution is 7.47. The number of phosphoric acid groups is 2. The zero-order valence-electron chi connectivity index (χ0n) is 70.5. The fraction of sp³-hybridized carbons (Fsp3) is 0.910. The van der Waals surface area contributed by atoms with Crippen LogP contribution in [0.5, 0.6) is 0 Å². The maximum absolute atomic E-state index is 13.2. The van der Waals surface area contributed by atoms with Crippen molar-refractivity contribution in [1.82, 2.24) is 0 Å². The van der Waals surface area contributed by atoms with Crippen LogP contribution >= 0.6 is 15.6 Å². The van der Waals surface area contributed by atoms with Gasteiger partial charge in [0.1, 0.15) is 19.3 Å². The van der Waals surface area contributed by atoms with E-state index in [-0.39, 0.29) is 25.7 Å². The zero-order chi connectivity index (χ0) is 79.0. The van der Waals surface area contributed by atoms with Crippen LogP contribution in [0.4, 0.5) is 0 Å². The van der Waals surface area contributed by atoms with E-state index in [9.17, 15) is 43.2 Å². The molecule has 638 valence electrons. The van der Waals surface area contributed by atoms with E-state index in [1.54, 1.807) is 0 Å². The normalized spacial score (nSPS) is 13.9. The zero-order valence-corrected chi connectivity index (χ0v) is 72.3. The van der Waals surface area contributed by atoms with Crippen LogP contribution in [0.2, 0.25) is 0 Å². The van der Waals surface area contributed by atoms with Gasteiger partial charge in [0, 0.05) is 25.7 Å². The van der Waals surface area contributed by atoms with Gasteiger partial charge in [0.25, 0.3) is 0 Å². The van der Waals surface area contributed by atoms with Crippen molar-refractivity contribution in [2.24, 2.45) is 5.92 Å². The summed E-state index contributed by atoms with van der Waals surface area (Å²) in [6, 6.07) is 0. The second-order valence-electron chi connectivity index (χ2n) is 31.8. The van der Waals surface area contributed by atoms with Gasteiger partial charge in [-0.2, -0.15) is 0 Å². The second-order valence-corrected chi connectivity index (χ2v) is 34.7. The van der Waals surface area contributed by atoms with Gasteiger partial charge in [0.05, 0.1) is 26.4 Å². The molecule has 0 saturated carbocycles. The summed E-state index contributed by atoms with van der Waals surface area (Å²) in [5.74, 6) is -1.31. The third-order valence-electron chi connectivity index (χ3n) is 20.4. The maximum atomic E-state index is 13.2. The van der Waals surface area contributed by atoms with E-state index in [0.717, 1.165) is 109 Å². The quantitative estimate of drug-likeness (QED) is 0.0169. The van der Waals surface area contributed by atoms with Crippen molar-refractivity contribution in [2.75, 3.05) is 39.6 Å². The molecule has 0 rings (SSSR count). The minimum absolute atomic E-state index is 0.0859. The fourth-order valence-electron chi connectivity index (χ4n) is 13.5. The molecule has 0 aromatic carbocycles. The summed E-state index contributed by atoms with van der Waals surface area (Å²) in [5.41, 5.74) is 0. The van der Waals surface area contributed by atoms with E-state index in [2.05, 4.69) is 58.9 Å². The van der Waals surface area contributed by atoms with Crippen LogP contribution in [0.3, 0.4) is 0 Å². The van der Waals surface area contributed by atoms with Crippen molar-refractivity contribution >= 4 is 39.5 Å². The third kappa shape index (κ3) is 81.6. The van der Waals surface area contributed by atoms with Crippen molar-refractivity contribution < 1.29 is 80.2 Å². The SMILES string of the molecule is CCCCCC/C=C\C=C/CCCCCCCC(=O)O[C@H](COC(=O)CCCCCCCCCCCCCC)COP(=O)(O)OC[C@H](O)COP(=O)(O)OC[C@@H](COC(=O)CCCCCCCCCCCCCCCCCCCCCC)OC(=O)CCCCCCCCCCCCCCCCCCCCC(C)C. The lowest BCUT2D eigenvalue weighted by molar-refractivity contribution is -0.161. The topological polar surface area (TPSA) is 237 Å². The predicted molar refractivity (Wildman–Crippen MR) is 446 cm³/mol. The van der Waals surface area contributed by atoms with Crippen LogP contribution in [0.15, 0.2) is 24.3 Å². The van der Waals surface area contributed by atoms with Crippen molar-refractivity contribution in [3.63, 3.8) is 0 Å². The molecule has 0 amide bonds. The summed E-state index contributed by atoms with van der Waals surface area (Å²) in [6.07, 6.45) is 78.6. The Morgan fingerprint density at radius 3 is 0.759 bits per heavy atom. The molecule has 3 N–H and O–H groups in total. The standard InChI is InChI=1S/C89H170O17P2/c1-6-9-12-15-18-21-24-27-29-30-31-32-36-40-43-48-53-58-63-68-73-87(92)100-79-85(106-89(94)75-70-65-60-55-50-45-41-37-34-33-35-39-42-46-51-56-61-66-71-82(4)5)81-104-108(97,98)102-77-83(90)76-101-107(95,96)103-80-84(78-99-86(91)72-67-62-57-52-47-26-23-20-17-14-11-8-3)105-88(93)74-69-64-59-54-49-44-38-28-25-22-19-16-13-10-7-2/h22,25,28,38,82-85,90H,6-21,23-24,26-27,29-37,39-81H2,1-5H3,(H,95,96)(H,97,98)/b25-22-,38-28-/t83-,84+,85+/m0/s1. The van der Waals surface area contributed by atoms with E-state index in [0.29, 0.717) is 25.7 Å². The molecule has 0 radical (unpaired) electrons. The van der Waals surface area contributed by atoms with Gasteiger partial charge in [-0.15, -0.1) is 0 Å². The molecule has 19 heteroatoms. The van der Waals surface area contributed by atoms with Gasteiger partial charge in [-0.05, 0) is 57.3 Å². The highest BCUT2D eigenvalue weighted by Gasteiger charge is 2.30. The average Bonchev–Trinajstić information content (AvgIpc) is 0.918. The Labute approximate surface area is 663 Å². The first kappa shape index (κ1) is 106. The first-order valence-electron chi connectivity index (χ1n) is 45.5. The molecule has 0 bridgehead atoms. The van der Waals surface area contributed by atoms with Gasteiger partial charge >= 0.3 is 39.5 Å². The highest BCUT2D eigenvalue weighted by atomic mass is 31.2. The molecule has 0 aliphatic rings. The van der Waals surface area contributed by atoms with Crippen LogP contribution in [0.1, 0.15) is 458 Å². The summed E-state index contributed by atoms with van der Waals surface area (Å²) in [6.45, 7) is 7.35. The van der Waals surface area contributed by atoms with E-state index >= 15 is 0 Å². The molecule has 2 unspecified atom stereocenters. The number of ether oxygens (including phenoxy) is 4. The van der Waals surface area contributed by atoms with Gasteiger partial charge in [0.2, 0.25) is 0 Å². The molecule has 0 spiro atoms. The Bertz CT molecular complexity index is 2140. The van der Waals surface area contributed by atoms with Gasteiger partial charge < -0.3 is 33.8 Å². The number of phosphoric ester groups is 2. The molecule has 0 fully saturated rings. The minimum atomic E-state index is -4.97. The first-order valence-corrected chi connectivity index (χ1v) is 48.4. The molecule has 0 saturated heterocycles. The van der Waals surface area contributed by atoms with Crippen LogP contribution in [-0.2, 0) is 65.4 Å². The number of aliphatic hydroxyl groups is 1. The molecule has 0 aromatic heterocycles. The summed E-state index contributed by atoms with van der Waals surface area (Å²) >= 11 is 0. The van der Waals surface area contributed by atoms with Crippen LogP contribution in [-0.4, -0.2) is 96.7 Å². The highest BCUT2D eigenvalue weighted by Crippen LogP contribution is 2.45. The van der Waals surface area contributed by atoms with Crippen molar-refractivity contribution in [2.45, 2.75) is 477 Å². The lowest BCUT2D eigenvalue weighted by Gasteiger charge is -2.21. The molecular formula is C89H170O17P2. The van der Waals surface area contributed by atoms with E-state index in [1.165, 1.54) is 270 Å². The summed E-state index contributed by atoms with van der Waals surface area (Å²) in [7, 11) is -9.94. The lowest BCUT2D eigenvalue weighted by atomic mass is 10.0. The number of allylic oxidation sites excluding steroid dienone is 4. The molecule has 0 aliphatic heterocycles. The number of carbonyl (C=O) groups is 4. The van der Waals surface area contributed by atoms with E-state index < -0.39 is 97.5 Å². The monoisotopic (exact) mass is 1570 g/mol. The van der Waals surface area contributed by atoms with Crippen molar-refractivity contribution in [3.05, 3.63) is 24.3 Å². The Balaban J connectivity index is 5.27. The number of rotatable bonds is 87. The van der Waals surface area contributed by atoms with Crippen LogP contribution < -0.4 is 0 Å². The van der Waals surface area contributed by atoms with Crippen LogP contribution in [0.25, 0.3) is 0 Å². The first-order chi connectivity index (χ1) is 52.5. The van der Waals surface area contributed by atoms with Crippen molar-refractivity contribution in [1.29, 1.82) is 0 Å². The fourth-order valence-corrected chi connectivity index (χ4v) is 15.0. The van der Waals surface area contributed by atoms with Gasteiger partial charge in [-0.3, -0.25) is 37.3 Å². The number of aliphatic hydroxyl groups excluding tert-OH is 1. The van der Waals surface area contributed by atoms with E-state index in [4.69, 9.17) is 37.0 Å². The molecule has 17 nitrogen and oxygen atoms in total. The van der Waals surface area contributed by atoms with Crippen LogP contribution in [0, 0.1) is 5.92 Å². The summed E-state index contributed by atoms with van der Waals surface area (Å²) < 4.78 is 68.9. The minimum Gasteiger partial charge on any atom is -0.462 e. The summed E-state index contributed by atoms with van der Waals surface area (Å²) in [5, 5.41) is 10.7. The average molecular weight is 1570 g/mol. The van der Waals surface area contributed by atoms with Gasteiger partial charge in [-0.25, -0.2) is 9.13 Å². The number of carbonyl (C=O) groups excluding carboxylic acids is 4. The molecule has 108 heavy (non-hydrogen) atoms. The molecule has 5 atom stereocenters.